The summed E-state index contributed by atoms with van der Waals surface area (Å²) in [7, 11) is 0. The molecular weight excluding hydrogens is 330 g/mol. The quantitative estimate of drug-likeness (QED) is 0.783. The van der Waals surface area contributed by atoms with Crippen LogP contribution < -0.4 is 10.2 Å². The van der Waals surface area contributed by atoms with Gasteiger partial charge in [0, 0.05) is 36.1 Å². The number of thiophene rings is 1. The normalized spacial score (nSPS) is 15.1. The third kappa shape index (κ3) is 2.78. The van der Waals surface area contributed by atoms with Crippen LogP contribution in [0.5, 0.6) is 0 Å². The van der Waals surface area contributed by atoms with Gasteiger partial charge in [0.05, 0.1) is 6.54 Å². The SMILES string of the molecule is C1=NCc2ccc(Nc3ccnc(N4CCc5sccc5C4)n3)cc21. The Morgan fingerprint density at radius 2 is 2.12 bits per heavy atom. The lowest BCUT2D eigenvalue weighted by Crippen LogP contribution is -2.30. The lowest BCUT2D eigenvalue weighted by Gasteiger charge is -2.27. The van der Waals surface area contributed by atoms with E-state index < -0.39 is 0 Å². The summed E-state index contributed by atoms with van der Waals surface area (Å²) < 4.78 is 0. The van der Waals surface area contributed by atoms with Crippen LogP contribution in [0.1, 0.15) is 21.6 Å². The van der Waals surface area contributed by atoms with Gasteiger partial charge in [-0.15, -0.1) is 11.3 Å². The molecule has 0 amide bonds. The Bertz CT molecular complexity index is 962. The minimum Gasteiger partial charge on any atom is -0.340 e. The third-order valence-electron chi connectivity index (χ3n) is 4.64. The Labute approximate surface area is 150 Å². The molecule has 0 fully saturated rings. The molecule has 5 rings (SSSR count). The fourth-order valence-corrected chi connectivity index (χ4v) is 4.21. The van der Waals surface area contributed by atoms with Gasteiger partial charge >= 0.3 is 0 Å². The van der Waals surface area contributed by atoms with Gasteiger partial charge in [-0.25, -0.2) is 4.98 Å². The molecule has 0 spiro atoms. The van der Waals surface area contributed by atoms with Crippen molar-refractivity contribution >= 4 is 35.0 Å². The summed E-state index contributed by atoms with van der Waals surface area (Å²) in [4.78, 5) is 17.2. The zero-order chi connectivity index (χ0) is 16.6. The molecule has 3 aromatic rings. The van der Waals surface area contributed by atoms with E-state index in [1.165, 1.54) is 21.6 Å². The summed E-state index contributed by atoms with van der Waals surface area (Å²) in [6.45, 7) is 2.64. The number of hydrogen-bond donors (Lipinski definition) is 1. The molecule has 0 saturated carbocycles. The fraction of sp³-hybridized carbons (Fsp3) is 0.211. The standard InChI is InChI=1S/C19H17N5S/c1-2-16(9-15-11-20-10-13(1)15)22-18-3-6-21-19(23-18)24-7-4-17-14(12-24)5-8-25-17/h1-3,5-6,8-9,11H,4,7,10,12H2,(H,21,22,23). The van der Waals surface area contributed by atoms with E-state index in [0.29, 0.717) is 0 Å². The summed E-state index contributed by atoms with van der Waals surface area (Å²) in [5, 5.41) is 5.56. The number of nitrogens with one attached hydrogen (secondary N) is 1. The molecule has 0 aliphatic carbocycles. The minimum absolute atomic E-state index is 0.782. The Morgan fingerprint density at radius 3 is 3.12 bits per heavy atom. The van der Waals surface area contributed by atoms with Crippen molar-refractivity contribution in [3.63, 3.8) is 0 Å². The number of fused-ring (bicyclic) bond motifs is 2. The van der Waals surface area contributed by atoms with Crippen molar-refractivity contribution in [3.05, 3.63) is 63.5 Å². The summed E-state index contributed by atoms with van der Waals surface area (Å²) in [6, 6.07) is 10.4. The lowest BCUT2D eigenvalue weighted by molar-refractivity contribution is 0.718. The Morgan fingerprint density at radius 1 is 1.12 bits per heavy atom. The lowest BCUT2D eigenvalue weighted by atomic mass is 10.1. The number of nitrogens with zero attached hydrogens (tertiary/aromatic N) is 4. The second kappa shape index (κ2) is 5.97. The first kappa shape index (κ1) is 14.6. The van der Waals surface area contributed by atoms with Gasteiger partial charge in [-0.2, -0.15) is 4.98 Å². The fourth-order valence-electron chi connectivity index (χ4n) is 3.32. The van der Waals surface area contributed by atoms with Gasteiger partial charge in [0.2, 0.25) is 5.95 Å². The highest BCUT2D eigenvalue weighted by Gasteiger charge is 2.19. The molecule has 124 valence electrons. The molecule has 25 heavy (non-hydrogen) atoms. The number of hydrogen-bond acceptors (Lipinski definition) is 6. The number of anilines is 3. The van der Waals surface area contributed by atoms with E-state index in [-0.39, 0.29) is 0 Å². The minimum atomic E-state index is 0.782. The molecule has 1 aromatic carbocycles. The van der Waals surface area contributed by atoms with Crippen molar-refractivity contribution in [3.8, 4) is 0 Å². The largest absolute Gasteiger partial charge is 0.340 e. The van der Waals surface area contributed by atoms with Gasteiger partial charge in [-0.3, -0.25) is 4.99 Å². The maximum Gasteiger partial charge on any atom is 0.227 e. The number of aromatic nitrogens is 2. The van der Waals surface area contributed by atoms with E-state index in [1.807, 2.05) is 29.8 Å². The molecule has 0 radical (unpaired) electrons. The van der Waals surface area contributed by atoms with Gasteiger partial charge in [0.15, 0.2) is 0 Å². The summed E-state index contributed by atoms with van der Waals surface area (Å²) >= 11 is 1.85. The van der Waals surface area contributed by atoms with Gasteiger partial charge in [0.1, 0.15) is 5.82 Å². The molecule has 0 unspecified atom stereocenters. The van der Waals surface area contributed by atoms with Gasteiger partial charge in [0.25, 0.3) is 0 Å². The first-order valence-electron chi connectivity index (χ1n) is 8.38. The molecular formula is C19H17N5S. The summed E-state index contributed by atoms with van der Waals surface area (Å²) in [5.74, 6) is 1.60. The van der Waals surface area contributed by atoms with Crippen LogP contribution in [0.3, 0.4) is 0 Å². The van der Waals surface area contributed by atoms with Crippen LogP contribution in [0.4, 0.5) is 17.5 Å². The highest BCUT2D eigenvalue weighted by atomic mass is 32.1. The average molecular weight is 347 g/mol. The predicted octanol–water partition coefficient (Wildman–Crippen LogP) is 3.78. The molecule has 1 N–H and O–H groups in total. The van der Waals surface area contributed by atoms with E-state index in [0.717, 1.165) is 43.5 Å². The Hall–Kier alpha value is -2.73. The van der Waals surface area contributed by atoms with Crippen molar-refractivity contribution in [1.29, 1.82) is 0 Å². The van der Waals surface area contributed by atoms with Crippen molar-refractivity contribution in [2.45, 2.75) is 19.5 Å². The van der Waals surface area contributed by atoms with E-state index in [1.54, 1.807) is 0 Å². The van der Waals surface area contributed by atoms with Crippen LogP contribution >= 0.6 is 11.3 Å². The molecule has 0 atom stereocenters. The van der Waals surface area contributed by atoms with Crippen LogP contribution in [0.25, 0.3) is 0 Å². The molecule has 2 aromatic heterocycles. The maximum atomic E-state index is 4.72. The zero-order valence-electron chi connectivity index (χ0n) is 13.6. The first-order chi connectivity index (χ1) is 12.3. The average Bonchev–Trinajstić information content (AvgIpc) is 3.30. The van der Waals surface area contributed by atoms with E-state index in [4.69, 9.17) is 4.98 Å². The van der Waals surface area contributed by atoms with Crippen molar-refractivity contribution in [1.82, 2.24) is 9.97 Å². The second-order valence-corrected chi connectivity index (χ2v) is 7.29. The molecule has 0 bridgehead atoms. The number of aliphatic imine (C=N–C) groups is 1. The highest BCUT2D eigenvalue weighted by molar-refractivity contribution is 7.10. The van der Waals surface area contributed by atoms with Crippen LogP contribution in [0.2, 0.25) is 0 Å². The smallest absolute Gasteiger partial charge is 0.227 e. The van der Waals surface area contributed by atoms with Crippen LogP contribution in [-0.4, -0.2) is 22.7 Å². The molecule has 4 heterocycles. The van der Waals surface area contributed by atoms with Gasteiger partial charge < -0.3 is 10.2 Å². The summed E-state index contributed by atoms with van der Waals surface area (Å²) in [6.07, 6.45) is 4.82. The monoisotopic (exact) mass is 347 g/mol. The van der Waals surface area contributed by atoms with Crippen molar-refractivity contribution < 1.29 is 0 Å². The summed E-state index contributed by atoms with van der Waals surface area (Å²) in [5.41, 5.74) is 4.88. The molecule has 2 aliphatic heterocycles. The van der Waals surface area contributed by atoms with E-state index >= 15 is 0 Å². The molecule has 6 heteroatoms. The van der Waals surface area contributed by atoms with Gasteiger partial charge in [-0.05, 0) is 52.8 Å². The molecule has 0 saturated heterocycles. The van der Waals surface area contributed by atoms with Crippen molar-refractivity contribution in [2.75, 3.05) is 16.8 Å². The predicted molar refractivity (Wildman–Crippen MR) is 102 cm³/mol. The Kier molecular flexibility index (Phi) is 3.48. The topological polar surface area (TPSA) is 53.4 Å². The van der Waals surface area contributed by atoms with Crippen LogP contribution in [-0.2, 0) is 19.5 Å². The first-order valence-corrected chi connectivity index (χ1v) is 9.26. The van der Waals surface area contributed by atoms with Crippen LogP contribution in [0.15, 0.2) is 46.9 Å². The maximum absolute atomic E-state index is 4.72. The van der Waals surface area contributed by atoms with E-state index in [2.05, 4.69) is 49.8 Å². The second-order valence-electron chi connectivity index (χ2n) is 6.29. The molecule has 2 aliphatic rings. The van der Waals surface area contributed by atoms with Crippen molar-refractivity contribution in [2.24, 2.45) is 4.99 Å². The Balaban J connectivity index is 1.37. The number of rotatable bonds is 3. The highest BCUT2D eigenvalue weighted by Crippen LogP contribution is 2.27. The third-order valence-corrected chi connectivity index (χ3v) is 5.67. The number of benzene rings is 1. The van der Waals surface area contributed by atoms with Gasteiger partial charge in [-0.1, -0.05) is 6.07 Å². The van der Waals surface area contributed by atoms with Crippen LogP contribution in [0, 0.1) is 0 Å². The van der Waals surface area contributed by atoms with E-state index in [9.17, 15) is 0 Å². The zero-order valence-corrected chi connectivity index (χ0v) is 14.5. The molecule has 5 nitrogen and oxygen atoms in total.